The second-order valence-electron chi connectivity index (χ2n) is 5.58. The van der Waals surface area contributed by atoms with Gasteiger partial charge in [-0.3, -0.25) is 4.79 Å². The number of Topliss-reactive ketones (excluding diaryl/α,β-unsaturated/α-hetero) is 1. The minimum Gasteiger partial charge on any atom is -0.496 e. The first kappa shape index (κ1) is 16.6. The largest absolute Gasteiger partial charge is 0.496 e. The number of amides is 1. The van der Waals surface area contributed by atoms with Crippen LogP contribution < -0.4 is 4.74 Å². The molecule has 1 aromatic carbocycles. The molecule has 1 saturated heterocycles. The number of likely N-dealkylation sites (tertiary alicyclic amines) is 1. The highest BCUT2D eigenvalue weighted by atomic mass is 35.5. The van der Waals surface area contributed by atoms with Crippen molar-refractivity contribution < 1.29 is 19.4 Å². The lowest BCUT2D eigenvalue weighted by Gasteiger charge is -2.32. The number of methoxy groups -OCH3 is 1. The Morgan fingerprint density at radius 2 is 1.95 bits per heavy atom. The fourth-order valence-electron chi connectivity index (χ4n) is 3.08. The van der Waals surface area contributed by atoms with Crippen LogP contribution in [0.2, 0.25) is 5.02 Å². The number of piperidine rings is 1. The van der Waals surface area contributed by atoms with Gasteiger partial charge < -0.3 is 14.7 Å². The standard InChI is InChI=1S/C16H20ClNO4/c1-9-13(17)8-12(10(2)19)15(22-3)14(9)11-4-6-18(7-5-11)16(20)21/h8,11H,4-7H2,1-3H3,(H,20,21). The Hall–Kier alpha value is -1.75. The average Bonchev–Trinajstić information content (AvgIpc) is 2.49. The predicted molar refractivity (Wildman–Crippen MR) is 84.3 cm³/mol. The summed E-state index contributed by atoms with van der Waals surface area (Å²) in [5.74, 6) is 0.619. The van der Waals surface area contributed by atoms with Gasteiger partial charge in [-0.05, 0) is 44.2 Å². The molecule has 6 heteroatoms. The molecule has 0 unspecified atom stereocenters. The van der Waals surface area contributed by atoms with Crippen molar-refractivity contribution in [1.82, 2.24) is 4.90 Å². The van der Waals surface area contributed by atoms with Crippen LogP contribution in [0.4, 0.5) is 4.79 Å². The quantitative estimate of drug-likeness (QED) is 0.860. The molecule has 5 nitrogen and oxygen atoms in total. The second kappa shape index (κ2) is 6.57. The van der Waals surface area contributed by atoms with Crippen molar-refractivity contribution in [3.63, 3.8) is 0 Å². The summed E-state index contributed by atoms with van der Waals surface area (Å²) in [4.78, 5) is 24.3. The van der Waals surface area contributed by atoms with Gasteiger partial charge in [-0.15, -0.1) is 0 Å². The van der Waals surface area contributed by atoms with Gasteiger partial charge in [0.25, 0.3) is 0 Å². The Labute approximate surface area is 134 Å². The first-order chi connectivity index (χ1) is 10.4. The lowest BCUT2D eigenvalue weighted by atomic mass is 9.84. The van der Waals surface area contributed by atoms with Crippen LogP contribution in [0.15, 0.2) is 6.07 Å². The number of carbonyl (C=O) groups excluding carboxylic acids is 1. The molecule has 1 amide bonds. The maximum Gasteiger partial charge on any atom is 0.407 e. The van der Waals surface area contributed by atoms with E-state index in [0.717, 1.165) is 11.1 Å². The number of ether oxygens (including phenoxy) is 1. The normalized spacial score (nSPS) is 15.7. The van der Waals surface area contributed by atoms with Crippen molar-refractivity contribution in [2.24, 2.45) is 0 Å². The molecule has 0 atom stereocenters. The van der Waals surface area contributed by atoms with Gasteiger partial charge in [-0.2, -0.15) is 0 Å². The molecule has 1 heterocycles. The molecule has 22 heavy (non-hydrogen) atoms. The van der Waals surface area contributed by atoms with Crippen LogP contribution in [0.3, 0.4) is 0 Å². The molecule has 1 aliphatic heterocycles. The van der Waals surface area contributed by atoms with Crippen LogP contribution in [0.1, 0.15) is 47.2 Å². The van der Waals surface area contributed by atoms with E-state index in [1.165, 1.54) is 11.8 Å². The maximum atomic E-state index is 11.8. The highest BCUT2D eigenvalue weighted by Crippen LogP contribution is 2.41. The Kier molecular flexibility index (Phi) is 4.96. The summed E-state index contributed by atoms with van der Waals surface area (Å²) in [5.41, 5.74) is 2.32. The molecule has 1 aromatic rings. The number of rotatable bonds is 3. The van der Waals surface area contributed by atoms with E-state index in [2.05, 4.69) is 0 Å². The smallest absolute Gasteiger partial charge is 0.407 e. The fraction of sp³-hybridized carbons (Fsp3) is 0.500. The SMILES string of the molecule is COc1c(C(C)=O)cc(Cl)c(C)c1C1CCN(C(=O)O)CC1. The Morgan fingerprint density at radius 3 is 2.41 bits per heavy atom. The molecule has 0 spiro atoms. The van der Waals surface area contributed by atoms with Crippen LogP contribution in [-0.4, -0.2) is 42.1 Å². The van der Waals surface area contributed by atoms with E-state index in [9.17, 15) is 9.59 Å². The molecule has 1 fully saturated rings. The minimum absolute atomic E-state index is 0.0945. The number of carboxylic acid groups (broad SMARTS) is 1. The Balaban J connectivity index is 2.42. The van der Waals surface area contributed by atoms with E-state index in [0.29, 0.717) is 42.3 Å². The van der Waals surface area contributed by atoms with Gasteiger partial charge in [0.15, 0.2) is 5.78 Å². The lowest BCUT2D eigenvalue weighted by Crippen LogP contribution is -2.37. The summed E-state index contributed by atoms with van der Waals surface area (Å²) in [6, 6.07) is 1.65. The summed E-state index contributed by atoms with van der Waals surface area (Å²) in [6.45, 7) is 4.35. The molecule has 2 rings (SSSR count). The third-order valence-electron chi connectivity index (χ3n) is 4.28. The number of hydrogen-bond donors (Lipinski definition) is 1. The van der Waals surface area contributed by atoms with Gasteiger partial charge >= 0.3 is 6.09 Å². The van der Waals surface area contributed by atoms with Crippen molar-refractivity contribution in [2.75, 3.05) is 20.2 Å². The number of ketones is 1. The zero-order valence-corrected chi connectivity index (χ0v) is 13.7. The Morgan fingerprint density at radius 1 is 1.36 bits per heavy atom. The van der Waals surface area contributed by atoms with Crippen LogP contribution in [0.5, 0.6) is 5.75 Å². The number of hydrogen-bond acceptors (Lipinski definition) is 3. The van der Waals surface area contributed by atoms with Crippen molar-refractivity contribution in [2.45, 2.75) is 32.6 Å². The van der Waals surface area contributed by atoms with E-state index < -0.39 is 6.09 Å². The number of nitrogens with zero attached hydrogens (tertiary/aromatic N) is 1. The molecule has 0 saturated carbocycles. The van der Waals surface area contributed by atoms with Crippen LogP contribution >= 0.6 is 11.6 Å². The van der Waals surface area contributed by atoms with E-state index in [1.54, 1.807) is 13.2 Å². The Bertz CT molecular complexity index is 607. The highest BCUT2D eigenvalue weighted by Gasteiger charge is 2.29. The molecule has 1 N–H and O–H groups in total. The number of carbonyl (C=O) groups is 2. The summed E-state index contributed by atoms with van der Waals surface area (Å²) in [7, 11) is 1.55. The van der Waals surface area contributed by atoms with Gasteiger partial charge in [0.05, 0.1) is 12.7 Å². The lowest BCUT2D eigenvalue weighted by molar-refractivity contribution is 0.101. The monoisotopic (exact) mass is 325 g/mol. The molecule has 120 valence electrons. The minimum atomic E-state index is -0.891. The zero-order chi connectivity index (χ0) is 16.4. The first-order valence-electron chi connectivity index (χ1n) is 7.22. The van der Waals surface area contributed by atoms with Gasteiger partial charge in [-0.25, -0.2) is 4.79 Å². The predicted octanol–water partition coefficient (Wildman–Crippen LogP) is 3.72. The van der Waals surface area contributed by atoms with Gasteiger partial charge in [-0.1, -0.05) is 11.6 Å². The summed E-state index contributed by atoms with van der Waals surface area (Å²) < 4.78 is 5.49. The van der Waals surface area contributed by atoms with E-state index >= 15 is 0 Å². The molecule has 0 aromatic heterocycles. The molecule has 0 bridgehead atoms. The van der Waals surface area contributed by atoms with E-state index in [4.69, 9.17) is 21.4 Å². The number of halogens is 1. The topological polar surface area (TPSA) is 66.8 Å². The van der Waals surface area contributed by atoms with Gasteiger partial charge in [0.2, 0.25) is 0 Å². The van der Waals surface area contributed by atoms with Crippen LogP contribution in [0, 0.1) is 6.92 Å². The van der Waals surface area contributed by atoms with E-state index in [-0.39, 0.29) is 11.7 Å². The fourth-order valence-corrected chi connectivity index (χ4v) is 3.29. The van der Waals surface area contributed by atoms with Crippen molar-refractivity contribution >= 4 is 23.5 Å². The van der Waals surface area contributed by atoms with Crippen LogP contribution in [0.25, 0.3) is 0 Å². The zero-order valence-electron chi connectivity index (χ0n) is 13.0. The average molecular weight is 326 g/mol. The molecule has 1 aliphatic rings. The second-order valence-corrected chi connectivity index (χ2v) is 5.99. The third kappa shape index (κ3) is 3.04. The molecule has 0 radical (unpaired) electrons. The summed E-state index contributed by atoms with van der Waals surface area (Å²) in [5, 5.41) is 9.59. The van der Waals surface area contributed by atoms with E-state index in [1.807, 2.05) is 6.92 Å². The summed E-state index contributed by atoms with van der Waals surface area (Å²) >= 11 is 6.28. The summed E-state index contributed by atoms with van der Waals surface area (Å²) in [6.07, 6.45) is 0.500. The van der Waals surface area contributed by atoms with Gasteiger partial charge in [0.1, 0.15) is 5.75 Å². The first-order valence-corrected chi connectivity index (χ1v) is 7.60. The maximum absolute atomic E-state index is 11.8. The van der Waals surface area contributed by atoms with Crippen molar-refractivity contribution in [3.8, 4) is 5.75 Å². The molecular formula is C16H20ClNO4. The third-order valence-corrected chi connectivity index (χ3v) is 4.67. The molecule has 0 aliphatic carbocycles. The highest BCUT2D eigenvalue weighted by molar-refractivity contribution is 6.32. The van der Waals surface area contributed by atoms with Crippen molar-refractivity contribution in [3.05, 3.63) is 27.8 Å². The number of benzene rings is 1. The molecular weight excluding hydrogens is 306 g/mol. The van der Waals surface area contributed by atoms with Crippen LogP contribution in [-0.2, 0) is 0 Å². The van der Waals surface area contributed by atoms with Gasteiger partial charge in [0, 0.05) is 23.7 Å². The van der Waals surface area contributed by atoms with Crippen molar-refractivity contribution in [1.29, 1.82) is 0 Å².